The first-order valence-electron chi connectivity index (χ1n) is 8.32. The van der Waals surface area contributed by atoms with E-state index in [2.05, 4.69) is 12.2 Å². The van der Waals surface area contributed by atoms with Crippen LogP contribution in [-0.2, 0) is 9.59 Å². The van der Waals surface area contributed by atoms with E-state index in [0.29, 0.717) is 12.8 Å². The lowest BCUT2D eigenvalue weighted by molar-refractivity contribution is -0.154. The van der Waals surface area contributed by atoms with Crippen molar-refractivity contribution in [3.05, 3.63) is 0 Å². The van der Waals surface area contributed by atoms with E-state index in [0.717, 1.165) is 51.7 Å². The highest BCUT2D eigenvalue weighted by molar-refractivity contribution is 5.85. The van der Waals surface area contributed by atoms with Crippen molar-refractivity contribution in [2.75, 3.05) is 19.6 Å². The molecule has 0 spiro atoms. The highest BCUT2D eigenvalue weighted by Gasteiger charge is 2.44. The first-order chi connectivity index (χ1) is 10.1. The third-order valence-corrected chi connectivity index (χ3v) is 5.04. The number of piperidine rings is 1. The zero-order valence-corrected chi connectivity index (χ0v) is 13.1. The predicted molar refractivity (Wildman–Crippen MR) is 81.0 cm³/mol. The first kappa shape index (κ1) is 16.3. The molecule has 5 nitrogen and oxygen atoms in total. The van der Waals surface area contributed by atoms with Gasteiger partial charge in [-0.2, -0.15) is 0 Å². The number of carbonyl (C=O) groups excluding carboxylic acids is 1. The highest BCUT2D eigenvalue weighted by atomic mass is 16.4. The van der Waals surface area contributed by atoms with Crippen LogP contribution in [0.25, 0.3) is 0 Å². The molecule has 21 heavy (non-hydrogen) atoms. The zero-order chi connectivity index (χ0) is 15.3. The Morgan fingerprint density at radius 1 is 1.24 bits per heavy atom. The molecule has 0 aromatic carbocycles. The standard InChI is InChI=1S/C16H28N2O3/c1-2-11-18(13-5-9-17-10-6-13)14(19)12-16(15(20)21)7-3-4-8-16/h13,17H,2-12H2,1H3,(H,20,21). The molecule has 2 aliphatic rings. The molecule has 2 rings (SSSR count). The molecule has 1 amide bonds. The van der Waals surface area contributed by atoms with E-state index in [1.165, 1.54) is 0 Å². The summed E-state index contributed by atoms with van der Waals surface area (Å²) in [5.74, 6) is -0.733. The van der Waals surface area contributed by atoms with Crippen molar-refractivity contribution >= 4 is 11.9 Å². The van der Waals surface area contributed by atoms with E-state index >= 15 is 0 Å². The lowest BCUT2D eigenvalue weighted by Gasteiger charge is -2.36. The SMILES string of the molecule is CCCN(C(=O)CC1(C(=O)O)CCCC1)C1CCNCC1. The number of nitrogens with one attached hydrogen (secondary N) is 1. The number of carbonyl (C=O) groups is 2. The van der Waals surface area contributed by atoms with Gasteiger partial charge in [0.25, 0.3) is 0 Å². The van der Waals surface area contributed by atoms with Crippen LogP contribution in [0, 0.1) is 5.41 Å². The smallest absolute Gasteiger partial charge is 0.310 e. The quantitative estimate of drug-likeness (QED) is 0.786. The predicted octanol–water partition coefficient (Wildman–Crippen LogP) is 2.01. The molecule has 0 aromatic heterocycles. The van der Waals surface area contributed by atoms with Crippen LogP contribution in [-0.4, -0.2) is 47.6 Å². The van der Waals surface area contributed by atoms with Crippen LogP contribution in [0.3, 0.4) is 0 Å². The molecule has 1 aliphatic heterocycles. The molecule has 1 heterocycles. The van der Waals surface area contributed by atoms with E-state index < -0.39 is 11.4 Å². The number of aliphatic carboxylic acids is 1. The van der Waals surface area contributed by atoms with Gasteiger partial charge in [-0.1, -0.05) is 19.8 Å². The second-order valence-corrected chi connectivity index (χ2v) is 6.54. The Balaban J connectivity index is 2.05. The summed E-state index contributed by atoms with van der Waals surface area (Å²) in [5.41, 5.74) is -0.796. The third-order valence-electron chi connectivity index (χ3n) is 5.04. The second kappa shape index (κ2) is 7.25. The Morgan fingerprint density at radius 3 is 2.38 bits per heavy atom. The minimum atomic E-state index is -0.796. The molecule has 2 N–H and O–H groups in total. The summed E-state index contributed by atoms with van der Waals surface area (Å²) < 4.78 is 0. The van der Waals surface area contributed by atoms with Gasteiger partial charge in [0.05, 0.1) is 5.41 Å². The monoisotopic (exact) mass is 296 g/mol. The van der Waals surface area contributed by atoms with E-state index in [-0.39, 0.29) is 18.4 Å². The van der Waals surface area contributed by atoms with E-state index in [1.807, 2.05) is 4.90 Å². The fraction of sp³-hybridized carbons (Fsp3) is 0.875. The highest BCUT2D eigenvalue weighted by Crippen LogP contribution is 2.42. The van der Waals surface area contributed by atoms with Crippen molar-refractivity contribution in [2.45, 2.75) is 64.3 Å². The van der Waals surface area contributed by atoms with Gasteiger partial charge in [0.2, 0.25) is 5.91 Å². The molecule has 2 fully saturated rings. The number of nitrogens with zero attached hydrogens (tertiary/aromatic N) is 1. The lowest BCUT2D eigenvalue weighted by Crippen LogP contribution is -2.48. The van der Waals surface area contributed by atoms with Gasteiger partial charge >= 0.3 is 5.97 Å². The minimum absolute atomic E-state index is 0.0491. The Morgan fingerprint density at radius 2 is 1.86 bits per heavy atom. The lowest BCUT2D eigenvalue weighted by atomic mass is 9.82. The van der Waals surface area contributed by atoms with Crippen LogP contribution in [0.4, 0.5) is 0 Å². The zero-order valence-electron chi connectivity index (χ0n) is 13.1. The van der Waals surface area contributed by atoms with Crippen molar-refractivity contribution in [2.24, 2.45) is 5.41 Å². The maximum Gasteiger partial charge on any atom is 0.310 e. The van der Waals surface area contributed by atoms with Crippen LogP contribution >= 0.6 is 0 Å². The third kappa shape index (κ3) is 3.76. The number of rotatable bonds is 6. The van der Waals surface area contributed by atoms with Crippen molar-refractivity contribution in [3.8, 4) is 0 Å². The summed E-state index contributed by atoms with van der Waals surface area (Å²) in [6, 6.07) is 0.283. The summed E-state index contributed by atoms with van der Waals surface area (Å²) >= 11 is 0. The van der Waals surface area contributed by atoms with Gasteiger partial charge < -0.3 is 15.3 Å². The second-order valence-electron chi connectivity index (χ2n) is 6.54. The molecule has 0 atom stereocenters. The molecule has 0 aromatic rings. The van der Waals surface area contributed by atoms with Crippen LogP contribution in [0.2, 0.25) is 0 Å². The fourth-order valence-corrected chi connectivity index (χ4v) is 3.78. The summed E-state index contributed by atoms with van der Waals surface area (Å²) in [6.45, 7) is 4.72. The topological polar surface area (TPSA) is 69.6 Å². The average molecular weight is 296 g/mol. The van der Waals surface area contributed by atoms with E-state index in [4.69, 9.17) is 0 Å². The van der Waals surface area contributed by atoms with Crippen molar-refractivity contribution in [1.29, 1.82) is 0 Å². The Bertz CT molecular complexity index is 372. The van der Waals surface area contributed by atoms with Crippen molar-refractivity contribution in [3.63, 3.8) is 0 Å². The number of carboxylic acid groups (broad SMARTS) is 1. The maximum atomic E-state index is 12.7. The van der Waals surface area contributed by atoms with Gasteiger partial charge in [-0.3, -0.25) is 9.59 Å². The van der Waals surface area contributed by atoms with Gasteiger partial charge in [0, 0.05) is 19.0 Å². The summed E-state index contributed by atoms with van der Waals surface area (Å²) in [5, 5.41) is 12.9. The summed E-state index contributed by atoms with van der Waals surface area (Å²) in [6.07, 6.45) is 6.24. The molecule has 120 valence electrons. The molecule has 0 bridgehead atoms. The van der Waals surface area contributed by atoms with Crippen molar-refractivity contribution < 1.29 is 14.7 Å². The molecule has 0 unspecified atom stereocenters. The molecule has 1 saturated carbocycles. The summed E-state index contributed by atoms with van der Waals surface area (Å²) in [4.78, 5) is 26.3. The van der Waals surface area contributed by atoms with Crippen LogP contribution < -0.4 is 5.32 Å². The van der Waals surface area contributed by atoms with Crippen molar-refractivity contribution in [1.82, 2.24) is 10.2 Å². The van der Waals surface area contributed by atoms with Gasteiger partial charge in [-0.25, -0.2) is 0 Å². The Labute approximate surface area is 127 Å². The fourth-order valence-electron chi connectivity index (χ4n) is 3.78. The van der Waals surface area contributed by atoms with Gasteiger partial charge in [0.15, 0.2) is 0 Å². The molecular weight excluding hydrogens is 268 g/mol. The number of amides is 1. The van der Waals surface area contributed by atoms with E-state index in [1.54, 1.807) is 0 Å². The van der Waals surface area contributed by atoms with Crippen LogP contribution in [0.15, 0.2) is 0 Å². The number of carboxylic acids is 1. The molecular formula is C16H28N2O3. The number of hydrogen-bond acceptors (Lipinski definition) is 3. The number of hydrogen-bond donors (Lipinski definition) is 2. The van der Waals surface area contributed by atoms with Gasteiger partial charge in [-0.05, 0) is 45.2 Å². The van der Waals surface area contributed by atoms with Crippen LogP contribution in [0.1, 0.15) is 58.3 Å². The molecule has 1 aliphatic carbocycles. The summed E-state index contributed by atoms with van der Waals surface area (Å²) in [7, 11) is 0. The molecule has 0 radical (unpaired) electrons. The van der Waals surface area contributed by atoms with Gasteiger partial charge in [0.1, 0.15) is 0 Å². The Kier molecular flexibility index (Phi) is 5.62. The molecule has 5 heteroatoms. The first-order valence-corrected chi connectivity index (χ1v) is 8.32. The Hall–Kier alpha value is -1.10. The largest absolute Gasteiger partial charge is 0.481 e. The van der Waals surface area contributed by atoms with E-state index in [9.17, 15) is 14.7 Å². The molecule has 1 saturated heterocycles. The maximum absolute atomic E-state index is 12.7. The van der Waals surface area contributed by atoms with Crippen LogP contribution in [0.5, 0.6) is 0 Å². The minimum Gasteiger partial charge on any atom is -0.481 e. The average Bonchev–Trinajstić information content (AvgIpc) is 2.95. The normalized spacial score (nSPS) is 22.1. The van der Waals surface area contributed by atoms with Gasteiger partial charge in [-0.15, -0.1) is 0 Å².